The summed E-state index contributed by atoms with van der Waals surface area (Å²) in [6.07, 6.45) is 1.30. The summed E-state index contributed by atoms with van der Waals surface area (Å²) in [5.74, 6) is -1.58. The summed E-state index contributed by atoms with van der Waals surface area (Å²) < 4.78 is 6.20. The quantitative estimate of drug-likeness (QED) is 0.635. The molecule has 1 N–H and O–H groups in total. The topological polar surface area (TPSA) is 111 Å². The maximum absolute atomic E-state index is 10.9. The molecule has 0 amide bonds. The Kier molecular flexibility index (Phi) is 2.39. The predicted molar refractivity (Wildman–Crippen MR) is 54.5 cm³/mol. The van der Waals surface area contributed by atoms with Gasteiger partial charge in [0.1, 0.15) is 16.2 Å². The Morgan fingerprint density at radius 1 is 1.59 bits per heavy atom. The van der Waals surface area contributed by atoms with E-state index in [-0.39, 0.29) is 17.0 Å². The lowest BCUT2D eigenvalue weighted by Crippen LogP contribution is -1.96. The van der Waals surface area contributed by atoms with E-state index in [0.29, 0.717) is 0 Å². The maximum atomic E-state index is 10.9. The molecule has 2 aromatic heterocycles. The molecule has 0 bridgehead atoms. The van der Waals surface area contributed by atoms with Gasteiger partial charge in [0.05, 0.1) is 6.07 Å². The smallest absolute Gasteiger partial charge is 0.433 e. The van der Waals surface area contributed by atoms with Gasteiger partial charge in [0.15, 0.2) is 5.76 Å². The van der Waals surface area contributed by atoms with Crippen LogP contribution in [0.1, 0.15) is 10.4 Å². The third-order valence-electron chi connectivity index (χ3n) is 2.06. The number of furan rings is 1. The van der Waals surface area contributed by atoms with Gasteiger partial charge in [-0.3, -0.25) is 14.8 Å². The Balaban J connectivity index is 2.52. The minimum Gasteiger partial charge on any atom is -0.478 e. The van der Waals surface area contributed by atoms with Crippen molar-refractivity contribution in [3.63, 3.8) is 0 Å². The van der Waals surface area contributed by atoms with Gasteiger partial charge in [0.2, 0.25) is 0 Å². The number of carboxylic acids is 1. The lowest BCUT2D eigenvalue weighted by Gasteiger charge is -1.91. The fourth-order valence-electron chi connectivity index (χ4n) is 1.38. The second kappa shape index (κ2) is 3.74. The van der Waals surface area contributed by atoms with Crippen molar-refractivity contribution >= 4 is 11.9 Å². The van der Waals surface area contributed by atoms with Crippen LogP contribution in [-0.2, 0) is 7.05 Å². The van der Waals surface area contributed by atoms with Crippen LogP contribution in [0.15, 0.2) is 22.7 Å². The van der Waals surface area contributed by atoms with Crippen LogP contribution in [0.25, 0.3) is 11.5 Å². The maximum Gasteiger partial charge on any atom is 0.433 e. The zero-order valence-corrected chi connectivity index (χ0v) is 8.65. The first-order valence-electron chi connectivity index (χ1n) is 4.50. The molecule has 0 aliphatic heterocycles. The molecule has 8 nitrogen and oxygen atoms in total. The summed E-state index contributed by atoms with van der Waals surface area (Å²) in [5, 5.41) is 23.3. The molecule has 0 aromatic carbocycles. The van der Waals surface area contributed by atoms with Crippen LogP contribution in [0, 0.1) is 10.1 Å². The molecule has 17 heavy (non-hydrogen) atoms. The molecule has 88 valence electrons. The number of carboxylic acid groups (broad SMARTS) is 1. The highest BCUT2D eigenvalue weighted by Crippen LogP contribution is 2.27. The predicted octanol–water partition coefficient (Wildman–Crippen LogP) is 1.29. The molecule has 0 atom stereocenters. The van der Waals surface area contributed by atoms with Gasteiger partial charge in [0.25, 0.3) is 0 Å². The van der Waals surface area contributed by atoms with Crippen LogP contribution < -0.4 is 0 Å². The minimum absolute atomic E-state index is 0.0506. The van der Waals surface area contributed by atoms with Crippen molar-refractivity contribution in [2.24, 2.45) is 7.05 Å². The van der Waals surface area contributed by atoms with E-state index in [4.69, 9.17) is 9.52 Å². The van der Waals surface area contributed by atoms with E-state index in [2.05, 4.69) is 5.10 Å². The van der Waals surface area contributed by atoms with E-state index in [1.54, 1.807) is 7.05 Å². The number of nitrogens with zero attached hydrogens (tertiary/aromatic N) is 3. The number of aryl methyl sites for hydroxylation is 1. The molecular formula is C9H7N3O5. The van der Waals surface area contributed by atoms with Gasteiger partial charge in [-0.25, -0.2) is 4.79 Å². The van der Waals surface area contributed by atoms with Gasteiger partial charge in [0, 0.05) is 13.2 Å². The second-order valence-corrected chi connectivity index (χ2v) is 3.27. The zero-order valence-electron chi connectivity index (χ0n) is 8.65. The van der Waals surface area contributed by atoms with Crippen LogP contribution in [0.5, 0.6) is 0 Å². The van der Waals surface area contributed by atoms with E-state index in [1.165, 1.54) is 16.9 Å². The Bertz CT molecular complexity index is 598. The van der Waals surface area contributed by atoms with Gasteiger partial charge in [-0.15, -0.1) is 0 Å². The van der Waals surface area contributed by atoms with E-state index < -0.39 is 16.8 Å². The van der Waals surface area contributed by atoms with Crippen molar-refractivity contribution in [3.8, 4) is 11.5 Å². The first kappa shape index (κ1) is 10.9. The molecule has 2 aromatic rings. The van der Waals surface area contributed by atoms with Crippen molar-refractivity contribution in [1.82, 2.24) is 9.78 Å². The summed E-state index contributed by atoms with van der Waals surface area (Å²) in [5.41, 5.74) is -0.00940. The van der Waals surface area contributed by atoms with Crippen molar-refractivity contribution in [2.75, 3.05) is 0 Å². The zero-order chi connectivity index (χ0) is 12.6. The van der Waals surface area contributed by atoms with Crippen molar-refractivity contribution in [3.05, 3.63) is 34.0 Å². The van der Waals surface area contributed by atoms with Gasteiger partial charge < -0.3 is 9.52 Å². The third-order valence-corrected chi connectivity index (χ3v) is 2.06. The monoisotopic (exact) mass is 237 g/mol. The normalized spacial score (nSPS) is 10.4. The largest absolute Gasteiger partial charge is 0.478 e. The number of hydrogen-bond donors (Lipinski definition) is 1. The number of rotatable bonds is 3. The van der Waals surface area contributed by atoms with Gasteiger partial charge in [-0.1, -0.05) is 0 Å². The average Bonchev–Trinajstić information content (AvgIpc) is 2.82. The summed E-state index contributed by atoms with van der Waals surface area (Å²) in [6, 6.07) is 2.46. The van der Waals surface area contributed by atoms with E-state index in [1.807, 2.05) is 0 Å². The minimum atomic E-state index is -1.17. The lowest BCUT2D eigenvalue weighted by atomic mass is 10.2. The molecule has 0 spiro atoms. The lowest BCUT2D eigenvalue weighted by molar-refractivity contribution is -0.401. The molecule has 2 rings (SSSR count). The van der Waals surface area contributed by atoms with E-state index in [9.17, 15) is 14.9 Å². The SMILES string of the molecule is Cn1cc(C(=O)O)c(-c2ccc([N+](=O)[O-])o2)n1. The summed E-state index contributed by atoms with van der Waals surface area (Å²) >= 11 is 0. The Morgan fingerprint density at radius 2 is 2.29 bits per heavy atom. The molecule has 0 saturated heterocycles. The first-order valence-corrected chi connectivity index (χ1v) is 4.50. The number of hydrogen-bond acceptors (Lipinski definition) is 5. The Morgan fingerprint density at radius 3 is 2.82 bits per heavy atom. The summed E-state index contributed by atoms with van der Waals surface area (Å²) in [7, 11) is 1.55. The Hall–Kier alpha value is -2.64. The molecule has 8 heteroatoms. The van der Waals surface area contributed by atoms with Crippen LogP contribution in [0.4, 0.5) is 5.88 Å². The molecular weight excluding hydrogens is 230 g/mol. The van der Waals surface area contributed by atoms with Crippen molar-refractivity contribution in [2.45, 2.75) is 0 Å². The average molecular weight is 237 g/mol. The van der Waals surface area contributed by atoms with E-state index >= 15 is 0 Å². The highest BCUT2D eigenvalue weighted by molar-refractivity contribution is 5.93. The summed E-state index contributed by atoms with van der Waals surface area (Å²) in [6.45, 7) is 0. The molecule has 0 unspecified atom stereocenters. The van der Waals surface area contributed by atoms with E-state index in [0.717, 1.165) is 6.07 Å². The molecule has 0 saturated carbocycles. The molecule has 0 radical (unpaired) electrons. The number of carbonyl (C=O) groups is 1. The molecule has 0 fully saturated rings. The number of aromatic carboxylic acids is 1. The molecule has 0 aliphatic carbocycles. The van der Waals surface area contributed by atoms with Crippen LogP contribution in [0.3, 0.4) is 0 Å². The van der Waals surface area contributed by atoms with Gasteiger partial charge in [-0.2, -0.15) is 5.10 Å². The fraction of sp³-hybridized carbons (Fsp3) is 0.111. The highest BCUT2D eigenvalue weighted by atomic mass is 16.6. The second-order valence-electron chi connectivity index (χ2n) is 3.27. The molecule has 2 heterocycles. The molecule has 0 aliphatic rings. The van der Waals surface area contributed by atoms with Crippen LogP contribution in [0.2, 0.25) is 0 Å². The fourth-order valence-corrected chi connectivity index (χ4v) is 1.38. The van der Waals surface area contributed by atoms with Crippen molar-refractivity contribution < 1.29 is 19.2 Å². The van der Waals surface area contributed by atoms with Gasteiger partial charge in [-0.05, 0) is 6.07 Å². The third kappa shape index (κ3) is 1.87. The van der Waals surface area contributed by atoms with Crippen molar-refractivity contribution in [1.29, 1.82) is 0 Å². The summed E-state index contributed by atoms with van der Waals surface area (Å²) in [4.78, 5) is 20.7. The first-order chi connectivity index (χ1) is 7.99. The number of aromatic nitrogens is 2. The Labute approximate surface area is 94.2 Å². The van der Waals surface area contributed by atoms with Crippen LogP contribution in [-0.4, -0.2) is 25.8 Å². The highest BCUT2D eigenvalue weighted by Gasteiger charge is 2.21. The number of nitro groups is 1. The van der Waals surface area contributed by atoms with Gasteiger partial charge >= 0.3 is 11.9 Å². The van der Waals surface area contributed by atoms with Crippen LogP contribution >= 0.6 is 0 Å². The standard InChI is InChI=1S/C9H7N3O5/c1-11-4-5(9(13)14)8(10-11)6-2-3-7(17-6)12(15)16/h2-4H,1H3,(H,13,14).